The van der Waals surface area contributed by atoms with Gasteiger partial charge in [-0.15, -0.1) is 0 Å². The fourth-order valence-electron chi connectivity index (χ4n) is 4.69. The lowest BCUT2D eigenvalue weighted by molar-refractivity contribution is -0.146. The monoisotopic (exact) mass is 344 g/mol. The molecule has 1 aliphatic heterocycles. The Morgan fingerprint density at radius 3 is 3.00 bits per heavy atom. The predicted octanol–water partition coefficient (Wildman–Crippen LogP) is 1.70. The van der Waals surface area contributed by atoms with Gasteiger partial charge in [-0.2, -0.15) is 0 Å². The van der Waals surface area contributed by atoms with E-state index in [0.29, 0.717) is 30.9 Å². The van der Waals surface area contributed by atoms with E-state index in [4.69, 9.17) is 9.47 Å². The molecule has 134 valence electrons. The Balaban J connectivity index is 1.51. The fourth-order valence-corrected chi connectivity index (χ4v) is 4.69. The van der Waals surface area contributed by atoms with Crippen LogP contribution in [-0.4, -0.2) is 37.8 Å². The highest BCUT2D eigenvalue weighted by Crippen LogP contribution is 2.52. The van der Waals surface area contributed by atoms with Gasteiger partial charge >= 0.3 is 0 Å². The molecule has 2 N–H and O–H groups in total. The molecule has 2 bridgehead atoms. The minimum Gasteiger partial charge on any atom is -0.467 e. The number of fused-ring (bicyclic) bond motifs is 3. The van der Waals surface area contributed by atoms with Crippen LogP contribution in [0.1, 0.15) is 36.0 Å². The third kappa shape index (κ3) is 2.78. The van der Waals surface area contributed by atoms with Crippen molar-refractivity contribution in [1.82, 2.24) is 10.6 Å². The molecular weight excluding hydrogens is 320 g/mol. The van der Waals surface area contributed by atoms with Gasteiger partial charge in [0.05, 0.1) is 12.2 Å². The smallest absolute Gasteiger partial charge is 0.258 e. The molecule has 5 rings (SSSR count). The molecule has 0 unspecified atom stereocenters. The maximum absolute atomic E-state index is 12.5. The highest BCUT2D eigenvalue weighted by atomic mass is 16.5. The number of amides is 2. The Bertz CT molecular complexity index is 692. The summed E-state index contributed by atoms with van der Waals surface area (Å²) in [6.45, 7) is 1.06. The van der Waals surface area contributed by atoms with E-state index in [1.54, 1.807) is 13.2 Å². The number of rotatable bonds is 4. The highest BCUT2D eigenvalue weighted by Gasteiger charge is 2.57. The van der Waals surface area contributed by atoms with E-state index in [1.165, 1.54) is 0 Å². The molecule has 6 nitrogen and oxygen atoms in total. The predicted molar refractivity (Wildman–Crippen MR) is 91.1 cm³/mol. The minimum absolute atomic E-state index is 0.00102. The third-order valence-corrected chi connectivity index (χ3v) is 5.91. The molecular formula is C19H24N2O4. The largest absolute Gasteiger partial charge is 0.467 e. The lowest BCUT2D eigenvalue weighted by Crippen LogP contribution is -2.67. The van der Waals surface area contributed by atoms with Gasteiger partial charge in [-0.05, 0) is 37.3 Å². The van der Waals surface area contributed by atoms with E-state index in [1.807, 2.05) is 18.2 Å². The first-order valence-electron chi connectivity index (χ1n) is 9.00. The summed E-state index contributed by atoms with van der Waals surface area (Å²) in [5.41, 5.74) is -0.0686. The lowest BCUT2D eigenvalue weighted by Gasteiger charge is -2.55. The summed E-state index contributed by atoms with van der Waals surface area (Å²) in [4.78, 5) is 25.0. The van der Waals surface area contributed by atoms with Gasteiger partial charge in [-0.1, -0.05) is 12.1 Å². The van der Waals surface area contributed by atoms with Crippen molar-refractivity contribution in [1.29, 1.82) is 0 Å². The summed E-state index contributed by atoms with van der Waals surface area (Å²) in [5.74, 6) is 1.07. The van der Waals surface area contributed by atoms with Gasteiger partial charge in [-0.25, -0.2) is 0 Å². The number of benzene rings is 1. The number of methoxy groups -OCH3 is 1. The van der Waals surface area contributed by atoms with Crippen molar-refractivity contribution >= 4 is 11.8 Å². The molecule has 4 aliphatic rings. The topological polar surface area (TPSA) is 76.7 Å². The van der Waals surface area contributed by atoms with Crippen LogP contribution < -0.4 is 15.4 Å². The van der Waals surface area contributed by atoms with E-state index in [2.05, 4.69) is 10.6 Å². The maximum atomic E-state index is 12.5. The van der Waals surface area contributed by atoms with Crippen LogP contribution in [0.5, 0.6) is 5.75 Å². The molecule has 3 aliphatic carbocycles. The molecule has 0 radical (unpaired) electrons. The number of hydrogen-bond acceptors (Lipinski definition) is 4. The van der Waals surface area contributed by atoms with Crippen LogP contribution in [-0.2, 0) is 9.53 Å². The molecule has 1 aromatic carbocycles. The van der Waals surface area contributed by atoms with Crippen molar-refractivity contribution in [3.63, 3.8) is 0 Å². The third-order valence-electron chi connectivity index (χ3n) is 5.91. The molecule has 3 saturated carbocycles. The quantitative estimate of drug-likeness (QED) is 0.815. The minimum atomic E-state index is -0.655. The number of carbonyl (C=O) groups excluding carboxylic acids is 2. The summed E-state index contributed by atoms with van der Waals surface area (Å²) in [6.07, 6.45) is 3.44. The Labute approximate surface area is 147 Å². The van der Waals surface area contributed by atoms with E-state index >= 15 is 0 Å². The molecule has 0 saturated heterocycles. The summed E-state index contributed by atoms with van der Waals surface area (Å²) in [5, 5.41) is 6.08. The van der Waals surface area contributed by atoms with Gasteiger partial charge < -0.3 is 20.1 Å². The zero-order valence-corrected chi connectivity index (χ0v) is 14.4. The molecule has 25 heavy (non-hydrogen) atoms. The summed E-state index contributed by atoms with van der Waals surface area (Å²) in [7, 11) is 1.62. The maximum Gasteiger partial charge on any atom is 0.258 e. The Kier molecular flexibility index (Phi) is 4.15. The molecule has 2 amide bonds. The molecule has 4 atom stereocenters. The van der Waals surface area contributed by atoms with Crippen molar-refractivity contribution in [3.8, 4) is 5.75 Å². The van der Waals surface area contributed by atoms with Crippen molar-refractivity contribution in [2.45, 2.75) is 31.4 Å². The second kappa shape index (κ2) is 6.33. The Morgan fingerprint density at radius 2 is 2.24 bits per heavy atom. The molecule has 1 heterocycles. The summed E-state index contributed by atoms with van der Waals surface area (Å²) in [6, 6.07) is 7.36. The van der Waals surface area contributed by atoms with E-state index in [-0.39, 0.29) is 29.6 Å². The second-order valence-electron chi connectivity index (χ2n) is 7.31. The van der Waals surface area contributed by atoms with Crippen LogP contribution in [0.2, 0.25) is 0 Å². The Hall–Kier alpha value is -2.08. The number of nitrogens with one attached hydrogen (secondary N) is 2. The normalized spacial score (nSPS) is 32.7. The average Bonchev–Trinajstić information content (AvgIpc) is 2.62. The van der Waals surface area contributed by atoms with E-state index in [0.717, 1.165) is 19.3 Å². The number of para-hydroxylation sites is 1. The zero-order valence-electron chi connectivity index (χ0n) is 14.4. The zero-order chi connectivity index (χ0) is 17.4. The Morgan fingerprint density at radius 1 is 1.40 bits per heavy atom. The van der Waals surface area contributed by atoms with Crippen LogP contribution in [0, 0.1) is 17.8 Å². The SMILES string of the molecule is COCCNC(=O)[C@@H]1C[C@H]2CC[C@H]1C[C@]21NC(=O)c2ccccc2O1. The van der Waals surface area contributed by atoms with Crippen molar-refractivity contribution < 1.29 is 19.1 Å². The molecule has 1 spiro atoms. The second-order valence-corrected chi connectivity index (χ2v) is 7.31. The molecule has 1 aromatic rings. The van der Waals surface area contributed by atoms with Gasteiger partial charge in [0.25, 0.3) is 5.91 Å². The molecule has 6 heteroatoms. The fraction of sp³-hybridized carbons (Fsp3) is 0.579. The molecule has 0 aromatic heterocycles. The van der Waals surface area contributed by atoms with Crippen LogP contribution in [0.3, 0.4) is 0 Å². The van der Waals surface area contributed by atoms with Crippen LogP contribution in [0.15, 0.2) is 24.3 Å². The molecule has 3 fully saturated rings. The van der Waals surface area contributed by atoms with Gasteiger partial charge in [0.2, 0.25) is 5.91 Å². The van der Waals surface area contributed by atoms with Crippen molar-refractivity contribution in [2.24, 2.45) is 17.8 Å². The number of hydrogen-bond donors (Lipinski definition) is 2. The summed E-state index contributed by atoms with van der Waals surface area (Å²) >= 11 is 0. The summed E-state index contributed by atoms with van der Waals surface area (Å²) < 4.78 is 11.3. The van der Waals surface area contributed by atoms with E-state index < -0.39 is 5.72 Å². The first kappa shape index (κ1) is 16.4. The van der Waals surface area contributed by atoms with Gasteiger partial charge in [0.1, 0.15) is 5.75 Å². The number of carbonyl (C=O) groups is 2. The lowest BCUT2D eigenvalue weighted by atomic mass is 9.60. The standard InChI is InChI=1S/C19H24N2O4/c1-24-9-8-20-17(22)15-10-13-7-6-12(15)11-19(13)21-18(23)14-4-2-3-5-16(14)25-19/h2-5,12-13,15H,6-11H2,1H3,(H,20,22)(H,21,23)/t12-,13+,15+,19+/m0/s1. The van der Waals surface area contributed by atoms with Crippen molar-refractivity contribution in [2.75, 3.05) is 20.3 Å². The first-order valence-corrected chi connectivity index (χ1v) is 9.00. The highest BCUT2D eigenvalue weighted by molar-refractivity contribution is 5.98. The van der Waals surface area contributed by atoms with E-state index in [9.17, 15) is 9.59 Å². The van der Waals surface area contributed by atoms with Gasteiger partial charge in [0, 0.05) is 31.9 Å². The van der Waals surface area contributed by atoms with Crippen molar-refractivity contribution in [3.05, 3.63) is 29.8 Å². The van der Waals surface area contributed by atoms with Gasteiger partial charge in [-0.3, -0.25) is 9.59 Å². The van der Waals surface area contributed by atoms with Crippen LogP contribution in [0.25, 0.3) is 0 Å². The number of ether oxygens (including phenoxy) is 2. The van der Waals surface area contributed by atoms with Crippen LogP contribution >= 0.6 is 0 Å². The van der Waals surface area contributed by atoms with Crippen LogP contribution in [0.4, 0.5) is 0 Å². The van der Waals surface area contributed by atoms with Gasteiger partial charge in [0.15, 0.2) is 5.72 Å². The first-order chi connectivity index (χ1) is 12.1. The average molecular weight is 344 g/mol.